The first kappa shape index (κ1) is 16.6. The molecule has 0 saturated carbocycles. The smallest absolute Gasteiger partial charge is 0.234 e. The van der Waals surface area contributed by atoms with Gasteiger partial charge >= 0.3 is 0 Å². The Labute approximate surface area is 133 Å². The van der Waals surface area contributed by atoms with Crippen LogP contribution in [0, 0.1) is 0 Å². The van der Waals surface area contributed by atoms with Crippen LogP contribution in [-0.4, -0.2) is 56.7 Å². The van der Waals surface area contributed by atoms with Gasteiger partial charge in [0.15, 0.2) is 0 Å². The van der Waals surface area contributed by atoms with E-state index in [-0.39, 0.29) is 11.9 Å². The lowest BCUT2D eigenvalue weighted by Crippen LogP contribution is -2.50. The highest BCUT2D eigenvalue weighted by Crippen LogP contribution is 2.21. The minimum absolute atomic E-state index is 0.129. The maximum absolute atomic E-state index is 11.9. The largest absolute Gasteiger partial charge is 0.497 e. The van der Waals surface area contributed by atoms with Crippen LogP contribution in [0.1, 0.15) is 20.3 Å². The van der Waals surface area contributed by atoms with Gasteiger partial charge < -0.3 is 15.0 Å². The van der Waals surface area contributed by atoms with E-state index in [2.05, 4.69) is 34.2 Å². The van der Waals surface area contributed by atoms with Gasteiger partial charge in [0.05, 0.1) is 13.7 Å². The summed E-state index contributed by atoms with van der Waals surface area (Å²) in [6, 6.07) is 8.39. The Morgan fingerprint density at radius 3 is 2.68 bits per heavy atom. The van der Waals surface area contributed by atoms with Gasteiger partial charge in [-0.1, -0.05) is 13.0 Å². The molecular weight excluding hydrogens is 278 g/mol. The maximum Gasteiger partial charge on any atom is 0.234 e. The summed E-state index contributed by atoms with van der Waals surface area (Å²) in [5.74, 6) is 1.01. The predicted molar refractivity (Wildman–Crippen MR) is 89.5 cm³/mol. The number of nitrogens with zero attached hydrogens (tertiary/aromatic N) is 2. The molecule has 1 atom stereocenters. The van der Waals surface area contributed by atoms with Crippen LogP contribution in [0.25, 0.3) is 0 Å². The average molecular weight is 305 g/mol. The van der Waals surface area contributed by atoms with Crippen LogP contribution >= 0.6 is 0 Å². The summed E-state index contributed by atoms with van der Waals surface area (Å²) in [5, 5.41) is 3.02. The Balaban J connectivity index is 1.81. The first-order valence-corrected chi connectivity index (χ1v) is 8.03. The third kappa shape index (κ3) is 4.63. The van der Waals surface area contributed by atoms with Crippen molar-refractivity contribution in [3.63, 3.8) is 0 Å². The number of carbonyl (C=O) groups is 1. The van der Waals surface area contributed by atoms with E-state index in [1.54, 1.807) is 7.11 Å². The zero-order valence-electron chi connectivity index (χ0n) is 13.8. The highest BCUT2D eigenvalue weighted by molar-refractivity contribution is 5.78. The molecule has 22 heavy (non-hydrogen) atoms. The summed E-state index contributed by atoms with van der Waals surface area (Å²) in [4.78, 5) is 16.5. The zero-order valence-corrected chi connectivity index (χ0v) is 13.8. The predicted octanol–water partition coefficient (Wildman–Crippen LogP) is 1.73. The van der Waals surface area contributed by atoms with Crippen molar-refractivity contribution in [3.8, 4) is 5.75 Å². The molecule has 0 radical (unpaired) electrons. The van der Waals surface area contributed by atoms with Gasteiger partial charge in [-0.3, -0.25) is 9.69 Å². The van der Waals surface area contributed by atoms with E-state index in [9.17, 15) is 4.79 Å². The standard InChI is InChI=1S/C17H27N3O2/c1-4-14(2)18-17(21)13-19-8-10-20(11-9-19)15-6-5-7-16(12-15)22-3/h5-7,12,14H,4,8-11,13H2,1-3H3,(H,18,21)/t14-/m0/s1. The second-order valence-electron chi connectivity index (χ2n) is 5.84. The number of anilines is 1. The van der Waals surface area contributed by atoms with Crippen LogP contribution in [-0.2, 0) is 4.79 Å². The van der Waals surface area contributed by atoms with Crippen molar-refractivity contribution in [2.75, 3.05) is 44.7 Å². The number of piperazine rings is 1. The Kier molecular flexibility index (Phi) is 6.07. The van der Waals surface area contributed by atoms with Gasteiger partial charge in [0.25, 0.3) is 0 Å². The molecule has 5 heteroatoms. The van der Waals surface area contributed by atoms with E-state index in [0.717, 1.165) is 38.3 Å². The number of ether oxygens (including phenoxy) is 1. The summed E-state index contributed by atoms with van der Waals surface area (Å²) in [6.07, 6.45) is 0.968. The van der Waals surface area contributed by atoms with Crippen molar-refractivity contribution in [1.82, 2.24) is 10.2 Å². The number of nitrogens with one attached hydrogen (secondary N) is 1. The van der Waals surface area contributed by atoms with Crippen LogP contribution in [0.2, 0.25) is 0 Å². The third-order valence-corrected chi connectivity index (χ3v) is 4.18. The molecule has 2 rings (SSSR count). The molecule has 0 unspecified atom stereocenters. The van der Waals surface area contributed by atoms with E-state index in [4.69, 9.17) is 4.74 Å². The summed E-state index contributed by atoms with van der Waals surface area (Å²) in [5.41, 5.74) is 1.18. The minimum atomic E-state index is 0.129. The molecule has 0 bridgehead atoms. The number of hydrogen-bond acceptors (Lipinski definition) is 4. The second-order valence-corrected chi connectivity index (χ2v) is 5.84. The van der Waals surface area contributed by atoms with Crippen LogP contribution in [0.15, 0.2) is 24.3 Å². The van der Waals surface area contributed by atoms with Crippen LogP contribution in [0.3, 0.4) is 0 Å². The fourth-order valence-electron chi connectivity index (χ4n) is 2.60. The van der Waals surface area contributed by atoms with Crippen molar-refractivity contribution in [1.29, 1.82) is 0 Å². The Hall–Kier alpha value is -1.75. The lowest BCUT2D eigenvalue weighted by Gasteiger charge is -2.36. The van der Waals surface area contributed by atoms with Crippen molar-refractivity contribution in [2.24, 2.45) is 0 Å². The van der Waals surface area contributed by atoms with Crippen LogP contribution in [0.4, 0.5) is 5.69 Å². The average Bonchev–Trinajstić information content (AvgIpc) is 2.55. The molecule has 1 aromatic rings. The first-order chi connectivity index (χ1) is 10.6. The number of amides is 1. The van der Waals surface area contributed by atoms with Gasteiger partial charge in [0.2, 0.25) is 5.91 Å². The van der Waals surface area contributed by atoms with Gasteiger partial charge in [-0.05, 0) is 25.5 Å². The summed E-state index contributed by atoms with van der Waals surface area (Å²) < 4.78 is 5.28. The fraction of sp³-hybridized carbons (Fsp3) is 0.588. The monoisotopic (exact) mass is 305 g/mol. The number of carbonyl (C=O) groups excluding carboxylic acids is 1. The molecule has 1 amide bonds. The molecule has 1 aliphatic rings. The third-order valence-electron chi connectivity index (χ3n) is 4.18. The molecule has 0 aromatic heterocycles. The molecule has 5 nitrogen and oxygen atoms in total. The van der Waals surface area contributed by atoms with Gasteiger partial charge in [-0.15, -0.1) is 0 Å². The van der Waals surface area contributed by atoms with Crippen molar-refractivity contribution in [2.45, 2.75) is 26.3 Å². The molecule has 0 spiro atoms. The van der Waals surface area contributed by atoms with E-state index in [0.29, 0.717) is 6.54 Å². The molecular formula is C17H27N3O2. The summed E-state index contributed by atoms with van der Waals surface area (Å²) >= 11 is 0. The number of hydrogen-bond donors (Lipinski definition) is 1. The van der Waals surface area contributed by atoms with Gasteiger partial charge in [0, 0.05) is 44.0 Å². The summed E-state index contributed by atoms with van der Waals surface area (Å²) in [6.45, 7) is 8.30. The molecule has 122 valence electrons. The number of benzene rings is 1. The van der Waals surface area contributed by atoms with E-state index in [1.807, 2.05) is 19.1 Å². The van der Waals surface area contributed by atoms with Crippen LogP contribution < -0.4 is 15.0 Å². The molecule has 1 fully saturated rings. The molecule has 1 aromatic carbocycles. The van der Waals surface area contributed by atoms with Gasteiger partial charge in [-0.2, -0.15) is 0 Å². The van der Waals surface area contributed by atoms with Crippen molar-refractivity contribution < 1.29 is 9.53 Å². The van der Waals surface area contributed by atoms with Crippen molar-refractivity contribution in [3.05, 3.63) is 24.3 Å². The van der Waals surface area contributed by atoms with Crippen molar-refractivity contribution >= 4 is 11.6 Å². The lowest BCUT2D eigenvalue weighted by atomic mass is 10.2. The molecule has 1 N–H and O–H groups in total. The highest BCUT2D eigenvalue weighted by Gasteiger charge is 2.19. The summed E-state index contributed by atoms with van der Waals surface area (Å²) in [7, 11) is 1.69. The van der Waals surface area contributed by atoms with E-state index < -0.39 is 0 Å². The Morgan fingerprint density at radius 2 is 2.05 bits per heavy atom. The quantitative estimate of drug-likeness (QED) is 0.869. The zero-order chi connectivity index (χ0) is 15.9. The topological polar surface area (TPSA) is 44.8 Å². The maximum atomic E-state index is 11.9. The number of methoxy groups -OCH3 is 1. The SMILES string of the molecule is CC[C@H](C)NC(=O)CN1CCN(c2cccc(OC)c2)CC1. The van der Waals surface area contributed by atoms with Gasteiger partial charge in [-0.25, -0.2) is 0 Å². The van der Waals surface area contributed by atoms with E-state index >= 15 is 0 Å². The van der Waals surface area contributed by atoms with Crippen LogP contribution in [0.5, 0.6) is 5.75 Å². The minimum Gasteiger partial charge on any atom is -0.497 e. The first-order valence-electron chi connectivity index (χ1n) is 8.03. The second kappa shape index (κ2) is 8.03. The fourth-order valence-corrected chi connectivity index (χ4v) is 2.60. The molecule has 1 aliphatic heterocycles. The molecule has 1 saturated heterocycles. The van der Waals surface area contributed by atoms with Gasteiger partial charge in [0.1, 0.15) is 5.75 Å². The van der Waals surface area contributed by atoms with E-state index in [1.165, 1.54) is 5.69 Å². The highest BCUT2D eigenvalue weighted by atomic mass is 16.5. The Morgan fingerprint density at radius 1 is 1.32 bits per heavy atom. The molecule has 0 aliphatic carbocycles. The number of rotatable bonds is 6. The normalized spacial score (nSPS) is 17.1. The Bertz CT molecular complexity index is 485. The molecule has 1 heterocycles. The lowest BCUT2D eigenvalue weighted by molar-refractivity contribution is -0.122.